The molecule has 1 aromatic rings. The second-order valence-electron chi connectivity index (χ2n) is 5.13. The van der Waals surface area contributed by atoms with Gasteiger partial charge in [0.1, 0.15) is 0 Å². The van der Waals surface area contributed by atoms with Crippen molar-refractivity contribution in [2.75, 3.05) is 7.11 Å². The summed E-state index contributed by atoms with van der Waals surface area (Å²) in [5.41, 5.74) is 2.49. The molecule has 1 aliphatic carbocycles. The Kier molecular flexibility index (Phi) is 3.55. The van der Waals surface area contributed by atoms with E-state index in [1.165, 1.54) is 7.11 Å². The summed E-state index contributed by atoms with van der Waals surface area (Å²) in [6.07, 6.45) is 2.23. The van der Waals surface area contributed by atoms with Crippen molar-refractivity contribution in [2.24, 2.45) is 0 Å². The molecule has 0 saturated heterocycles. The average Bonchev–Trinajstić information content (AvgIpc) is 2.47. The van der Waals surface area contributed by atoms with Gasteiger partial charge >= 0.3 is 0 Å². The molecule has 3 rings (SSSR count). The molecule has 1 heterocycles. The third-order valence-corrected chi connectivity index (χ3v) is 4.04. The third-order valence-electron chi connectivity index (χ3n) is 3.82. The summed E-state index contributed by atoms with van der Waals surface area (Å²) in [5.74, 6) is 0.585. The molecule has 21 heavy (non-hydrogen) atoms. The lowest BCUT2D eigenvalue weighted by molar-refractivity contribution is -0.116. The number of nitrogens with one attached hydrogen (secondary N) is 2. The predicted molar refractivity (Wildman–Crippen MR) is 82.2 cm³/mol. The summed E-state index contributed by atoms with van der Waals surface area (Å²) < 4.78 is 5.14. The molecule has 0 amide bonds. The van der Waals surface area contributed by atoms with Crippen LogP contribution in [-0.2, 0) is 4.79 Å². The smallest absolute Gasteiger partial charge is 0.171 e. The molecule has 0 aromatic heterocycles. The van der Waals surface area contributed by atoms with Gasteiger partial charge in [0.05, 0.1) is 13.2 Å². The van der Waals surface area contributed by atoms with E-state index in [1.807, 2.05) is 0 Å². The molecule has 2 aliphatic rings. The largest absolute Gasteiger partial charge is 0.504 e. The summed E-state index contributed by atoms with van der Waals surface area (Å²) in [4.78, 5) is 12.3. The van der Waals surface area contributed by atoms with Crippen LogP contribution in [0.5, 0.6) is 11.5 Å². The van der Waals surface area contributed by atoms with Crippen LogP contribution in [0.3, 0.4) is 0 Å². The number of thiocarbonyl (C=S) groups is 1. The van der Waals surface area contributed by atoms with Crippen molar-refractivity contribution < 1.29 is 14.6 Å². The molecular formula is C15H16N2O3S. The van der Waals surface area contributed by atoms with Crippen molar-refractivity contribution in [1.82, 2.24) is 10.6 Å². The SMILES string of the molecule is COc1cc([C@@H]2NC(=S)NC3=C2C(=O)CCC3)ccc1O. The van der Waals surface area contributed by atoms with Crippen molar-refractivity contribution in [3.8, 4) is 11.5 Å². The average molecular weight is 304 g/mol. The van der Waals surface area contributed by atoms with Crippen LogP contribution in [0, 0.1) is 0 Å². The number of ketones is 1. The normalized spacial score (nSPS) is 21.5. The minimum atomic E-state index is -0.295. The first kappa shape index (κ1) is 13.9. The first-order valence-electron chi connectivity index (χ1n) is 6.81. The number of phenols is 1. The predicted octanol–water partition coefficient (Wildman–Crippen LogP) is 1.93. The van der Waals surface area contributed by atoms with E-state index in [9.17, 15) is 9.90 Å². The quantitative estimate of drug-likeness (QED) is 0.725. The number of phenolic OH excluding ortho intramolecular Hbond substituents is 1. The molecule has 0 bridgehead atoms. The van der Waals surface area contributed by atoms with E-state index in [1.54, 1.807) is 18.2 Å². The standard InChI is InChI=1S/C15H16N2O3S/c1-20-12-7-8(5-6-10(12)18)14-13-9(16-15(21)17-14)3-2-4-11(13)19/h5-7,14,18H,2-4H2,1H3,(H2,16,17,21)/t14-/m0/s1. The first-order valence-corrected chi connectivity index (χ1v) is 7.21. The van der Waals surface area contributed by atoms with Crippen molar-refractivity contribution >= 4 is 23.1 Å². The number of hydrogen-bond acceptors (Lipinski definition) is 4. The highest BCUT2D eigenvalue weighted by Crippen LogP contribution is 2.36. The lowest BCUT2D eigenvalue weighted by atomic mass is 9.85. The number of benzene rings is 1. The van der Waals surface area contributed by atoms with Crippen molar-refractivity contribution in [3.63, 3.8) is 0 Å². The highest BCUT2D eigenvalue weighted by atomic mass is 32.1. The van der Waals surface area contributed by atoms with Gasteiger partial charge in [-0.05, 0) is 42.8 Å². The van der Waals surface area contributed by atoms with Crippen LogP contribution < -0.4 is 15.4 Å². The Hall–Kier alpha value is -2.08. The molecule has 3 N–H and O–H groups in total. The Labute approximate surface area is 128 Å². The maximum absolute atomic E-state index is 12.3. The second kappa shape index (κ2) is 5.37. The van der Waals surface area contributed by atoms with Crippen LogP contribution in [0.25, 0.3) is 0 Å². The van der Waals surface area contributed by atoms with Gasteiger partial charge in [-0.3, -0.25) is 4.79 Å². The zero-order valence-corrected chi connectivity index (χ0v) is 12.4. The van der Waals surface area contributed by atoms with Gasteiger partial charge in [-0.2, -0.15) is 0 Å². The van der Waals surface area contributed by atoms with Gasteiger partial charge in [0, 0.05) is 17.7 Å². The monoisotopic (exact) mass is 304 g/mol. The molecule has 0 unspecified atom stereocenters. The number of carbonyl (C=O) groups is 1. The van der Waals surface area contributed by atoms with E-state index in [4.69, 9.17) is 17.0 Å². The molecule has 0 fully saturated rings. The molecule has 5 nitrogen and oxygen atoms in total. The van der Waals surface area contributed by atoms with Crippen LogP contribution in [0.2, 0.25) is 0 Å². The Balaban J connectivity index is 2.07. The summed E-state index contributed by atoms with van der Waals surface area (Å²) in [6, 6.07) is 4.77. The zero-order chi connectivity index (χ0) is 15.0. The Morgan fingerprint density at radius 3 is 2.95 bits per heavy atom. The fraction of sp³-hybridized carbons (Fsp3) is 0.333. The van der Waals surface area contributed by atoms with Crippen LogP contribution in [0.15, 0.2) is 29.5 Å². The number of aromatic hydroxyl groups is 1. The molecule has 0 spiro atoms. The topological polar surface area (TPSA) is 70.6 Å². The number of carbonyl (C=O) groups excluding carboxylic acids is 1. The van der Waals surface area contributed by atoms with Gasteiger partial charge in [0.25, 0.3) is 0 Å². The van der Waals surface area contributed by atoms with E-state index in [2.05, 4.69) is 10.6 Å². The minimum Gasteiger partial charge on any atom is -0.504 e. The molecular weight excluding hydrogens is 288 g/mol. The van der Waals surface area contributed by atoms with Crippen molar-refractivity contribution in [2.45, 2.75) is 25.3 Å². The summed E-state index contributed by atoms with van der Waals surface area (Å²) >= 11 is 5.23. The number of methoxy groups -OCH3 is 1. The van der Waals surface area contributed by atoms with Crippen molar-refractivity contribution in [1.29, 1.82) is 0 Å². The number of hydrogen-bond donors (Lipinski definition) is 3. The fourth-order valence-corrected chi connectivity index (χ4v) is 3.07. The van der Waals surface area contributed by atoms with Gasteiger partial charge < -0.3 is 20.5 Å². The molecule has 1 atom stereocenters. The molecule has 1 aromatic carbocycles. The highest BCUT2D eigenvalue weighted by Gasteiger charge is 2.33. The minimum absolute atomic E-state index is 0.0712. The van der Waals surface area contributed by atoms with Gasteiger partial charge in [-0.15, -0.1) is 0 Å². The van der Waals surface area contributed by atoms with Gasteiger partial charge in [-0.25, -0.2) is 0 Å². The van der Waals surface area contributed by atoms with Gasteiger partial charge in [0.15, 0.2) is 22.4 Å². The number of ether oxygens (including phenoxy) is 1. The van der Waals surface area contributed by atoms with Crippen molar-refractivity contribution in [3.05, 3.63) is 35.0 Å². The van der Waals surface area contributed by atoms with Crippen LogP contribution in [0.4, 0.5) is 0 Å². The van der Waals surface area contributed by atoms with E-state index < -0.39 is 0 Å². The highest BCUT2D eigenvalue weighted by molar-refractivity contribution is 7.80. The number of rotatable bonds is 2. The summed E-state index contributed by atoms with van der Waals surface area (Å²) in [6.45, 7) is 0. The number of Topliss-reactive ketones (excluding diaryl/α,β-unsaturated/α-hetero) is 1. The fourth-order valence-electron chi connectivity index (χ4n) is 2.83. The van der Waals surface area contributed by atoms with E-state index in [0.717, 1.165) is 29.7 Å². The molecule has 0 saturated carbocycles. The lowest BCUT2D eigenvalue weighted by Crippen LogP contribution is -2.46. The summed E-state index contributed by atoms with van der Waals surface area (Å²) in [7, 11) is 1.50. The Morgan fingerprint density at radius 2 is 2.19 bits per heavy atom. The Morgan fingerprint density at radius 1 is 1.38 bits per heavy atom. The van der Waals surface area contributed by atoms with Crippen LogP contribution in [-0.4, -0.2) is 23.1 Å². The molecule has 6 heteroatoms. The zero-order valence-electron chi connectivity index (χ0n) is 11.6. The maximum Gasteiger partial charge on any atom is 0.171 e. The van der Waals surface area contributed by atoms with Gasteiger partial charge in [0.2, 0.25) is 0 Å². The number of allylic oxidation sites excluding steroid dienone is 1. The third kappa shape index (κ3) is 2.47. The Bertz CT molecular complexity index is 654. The van der Waals surface area contributed by atoms with Crippen LogP contribution >= 0.6 is 12.2 Å². The molecule has 0 radical (unpaired) electrons. The van der Waals surface area contributed by atoms with E-state index >= 15 is 0 Å². The molecule has 110 valence electrons. The summed E-state index contributed by atoms with van der Waals surface area (Å²) in [5, 5.41) is 16.4. The molecule has 1 aliphatic heterocycles. The second-order valence-corrected chi connectivity index (χ2v) is 5.54. The van der Waals surface area contributed by atoms with Gasteiger partial charge in [-0.1, -0.05) is 6.07 Å². The van der Waals surface area contributed by atoms with Crippen LogP contribution in [0.1, 0.15) is 30.9 Å². The van der Waals surface area contributed by atoms with E-state index in [-0.39, 0.29) is 17.6 Å². The lowest BCUT2D eigenvalue weighted by Gasteiger charge is -2.33. The van der Waals surface area contributed by atoms with E-state index in [0.29, 0.717) is 17.3 Å². The maximum atomic E-state index is 12.3. The first-order chi connectivity index (χ1) is 10.1.